The molecule has 5 nitrogen and oxygen atoms in total. The minimum atomic E-state index is -0.828. The number of piperidine rings is 1. The molecule has 3 fully saturated rings. The van der Waals surface area contributed by atoms with Gasteiger partial charge in [0, 0.05) is 12.6 Å². The van der Waals surface area contributed by atoms with Crippen molar-refractivity contribution in [1.29, 1.82) is 0 Å². The summed E-state index contributed by atoms with van der Waals surface area (Å²) in [5.74, 6) is 0.0221. The molecule has 21 heavy (non-hydrogen) atoms. The van der Waals surface area contributed by atoms with E-state index in [0.29, 0.717) is 24.8 Å². The predicted octanol–water partition coefficient (Wildman–Crippen LogP) is 1.48. The van der Waals surface area contributed by atoms with E-state index in [-0.39, 0.29) is 17.9 Å². The fourth-order valence-corrected chi connectivity index (χ4v) is 4.52. The molecule has 118 valence electrons. The monoisotopic (exact) mass is 294 g/mol. The fraction of sp³-hybridized carbons (Fsp3) is 0.875. The number of carboxylic acid groups (broad SMARTS) is 1. The molecule has 2 N–H and O–H groups in total. The van der Waals surface area contributed by atoms with Crippen molar-refractivity contribution in [2.45, 2.75) is 57.5 Å². The maximum atomic E-state index is 13.0. The lowest BCUT2D eigenvalue weighted by atomic mass is 9.75. The first kappa shape index (κ1) is 14.8. The second kappa shape index (κ2) is 5.95. The van der Waals surface area contributed by atoms with Crippen LogP contribution < -0.4 is 5.32 Å². The van der Waals surface area contributed by atoms with Gasteiger partial charge in [0.05, 0.1) is 5.92 Å². The van der Waals surface area contributed by atoms with Gasteiger partial charge in [-0.2, -0.15) is 0 Å². The van der Waals surface area contributed by atoms with Crippen LogP contribution in [0.2, 0.25) is 0 Å². The van der Waals surface area contributed by atoms with Crippen molar-refractivity contribution >= 4 is 11.9 Å². The lowest BCUT2D eigenvalue weighted by Crippen LogP contribution is -2.59. The van der Waals surface area contributed by atoms with Gasteiger partial charge in [0.15, 0.2) is 0 Å². The van der Waals surface area contributed by atoms with Crippen molar-refractivity contribution < 1.29 is 14.7 Å². The van der Waals surface area contributed by atoms with E-state index < -0.39 is 12.0 Å². The van der Waals surface area contributed by atoms with E-state index in [2.05, 4.69) is 12.2 Å². The van der Waals surface area contributed by atoms with Gasteiger partial charge in [0.2, 0.25) is 5.91 Å². The molecule has 0 aromatic rings. The van der Waals surface area contributed by atoms with Crippen LogP contribution in [0.5, 0.6) is 0 Å². The van der Waals surface area contributed by atoms with Crippen LogP contribution in [0.4, 0.5) is 0 Å². The minimum Gasteiger partial charge on any atom is -0.480 e. The molecule has 0 radical (unpaired) electrons. The lowest BCUT2D eigenvalue weighted by molar-refractivity contribution is -0.160. The number of nitrogens with zero attached hydrogens (tertiary/aromatic N) is 1. The SMILES string of the molecule is CC1CNCC1C(=O)N1C(C(=O)O)CCC2CCCCC21. The van der Waals surface area contributed by atoms with Gasteiger partial charge >= 0.3 is 5.97 Å². The molecule has 3 aliphatic rings. The first-order valence-corrected chi connectivity index (χ1v) is 8.35. The zero-order chi connectivity index (χ0) is 15.0. The minimum absolute atomic E-state index is 0.0486. The highest BCUT2D eigenvalue weighted by Gasteiger charge is 2.46. The smallest absolute Gasteiger partial charge is 0.326 e. The largest absolute Gasteiger partial charge is 0.480 e. The molecule has 5 unspecified atom stereocenters. The van der Waals surface area contributed by atoms with E-state index in [9.17, 15) is 14.7 Å². The van der Waals surface area contributed by atoms with Gasteiger partial charge in [-0.3, -0.25) is 4.79 Å². The van der Waals surface area contributed by atoms with Crippen LogP contribution in [-0.4, -0.2) is 47.1 Å². The highest BCUT2D eigenvalue weighted by molar-refractivity contribution is 5.86. The second-order valence-electron chi connectivity index (χ2n) is 7.03. The van der Waals surface area contributed by atoms with Crippen LogP contribution in [0.15, 0.2) is 0 Å². The Morgan fingerprint density at radius 3 is 2.52 bits per heavy atom. The van der Waals surface area contributed by atoms with Gasteiger partial charge in [-0.15, -0.1) is 0 Å². The van der Waals surface area contributed by atoms with Crippen LogP contribution in [0.25, 0.3) is 0 Å². The Labute approximate surface area is 126 Å². The van der Waals surface area contributed by atoms with E-state index in [1.54, 1.807) is 4.90 Å². The summed E-state index contributed by atoms with van der Waals surface area (Å²) in [6, 6.07) is -0.446. The number of rotatable bonds is 2. The molecule has 0 spiro atoms. The Kier molecular flexibility index (Phi) is 4.20. The quantitative estimate of drug-likeness (QED) is 0.809. The summed E-state index contributed by atoms with van der Waals surface area (Å²) in [6.45, 7) is 3.64. The number of fused-ring (bicyclic) bond motifs is 1. The van der Waals surface area contributed by atoms with Crippen LogP contribution in [0.1, 0.15) is 45.4 Å². The molecule has 1 aliphatic carbocycles. The van der Waals surface area contributed by atoms with Crippen molar-refractivity contribution in [3.8, 4) is 0 Å². The summed E-state index contributed by atoms with van der Waals surface area (Å²) in [6.07, 6.45) is 6.06. The molecule has 0 aromatic carbocycles. The van der Waals surface area contributed by atoms with Gasteiger partial charge in [0.1, 0.15) is 6.04 Å². The molecule has 3 rings (SSSR count). The molecule has 2 saturated heterocycles. The Hall–Kier alpha value is -1.10. The number of aliphatic carboxylic acids is 1. The van der Waals surface area contributed by atoms with Crippen molar-refractivity contribution in [3.63, 3.8) is 0 Å². The molecule has 5 atom stereocenters. The number of carboxylic acids is 1. The van der Waals surface area contributed by atoms with Crippen molar-refractivity contribution in [2.75, 3.05) is 13.1 Å². The van der Waals surface area contributed by atoms with Gasteiger partial charge < -0.3 is 15.3 Å². The second-order valence-corrected chi connectivity index (χ2v) is 7.03. The van der Waals surface area contributed by atoms with Crippen LogP contribution in [-0.2, 0) is 9.59 Å². The average Bonchev–Trinajstić information content (AvgIpc) is 2.91. The average molecular weight is 294 g/mol. The summed E-state index contributed by atoms with van der Waals surface area (Å²) in [7, 11) is 0. The fourth-order valence-electron chi connectivity index (χ4n) is 4.52. The highest BCUT2D eigenvalue weighted by atomic mass is 16.4. The number of nitrogens with one attached hydrogen (secondary N) is 1. The maximum Gasteiger partial charge on any atom is 0.326 e. The third kappa shape index (κ3) is 2.68. The molecule has 0 bridgehead atoms. The maximum absolute atomic E-state index is 13.0. The summed E-state index contributed by atoms with van der Waals surface area (Å²) < 4.78 is 0. The highest BCUT2D eigenvalue weighted by Crippen LogP contribution is 2.39. The summed E-state index contributed by atoms with van der Waals surface area (Å²) >= 11 is 0. The van der Waals surface area contributed by atoms with Crippen molar-refractivity contribution in [3.05, 3.63) is 0 Å². The normalized spacial score (nSPS) is 39.9. The summed E-state index contributed by atoms with van der Waals surface area (Å²) in [5.41, 5.74) is 0. The predicted molar refractivity (Wildman–Crippen MR) is 78.8 cm³/mol. The number of carbonyl (C=O) groups excluding carboxylic acids is 1. The third-order valence-corrected chi connectivity index (χ3v) is 5.75. The number of carbonyl (C=O) groups is 2. The summed E-state index contributed by atoms with van der Waals surface area (Å²) in [4.78, 5) is 26.4. The van der Waals surface area contributed by atoms with Gasteiger partial charge in [-0.25, -0.2) is 4.79 Å². The van der Waals surface area contributed by atoms with Crippen LogP contribution in [0, 0.1) is 17.8 Å². The standard InChI is InChI=1S/C16H26N2O3/c1-10-8-17-9-12(10)15(19)18-13-5-3-2-4-11(13)6-7-14(18)16(20)21/h10-14,17H,2-9H2,1H3,(H,20,21). The number of hydrogen-bond donors (Lipinski definition) is 2. The van der Waals surface area contributed by atoms with E-state index in [1.165, 1.54) is 6.42 Å². The van der Waals surface area contributed by atoms with Crippen LogP contribution >= 0.6 is 0 Å². The van der Waals surface area contributed by atoms with Gasteiger partial charge in [-0.05, 0) is 44.1 Å². The molecule has 2 heterocycles. The Morgan fingerprint density at radius 1 is 1.10 bits per heavy atom. The van der Waals surface area contributed by atoms with E-state index in [0.717, 1.165) is 32.2 Å². The van der Waals surface area contributed by atoms with E-state index >= 15 is 0 Å². The topological polar surface area (TPSA) is 69.6 Å². The van der Waals surface area contributed by atoms with Crippen molar-refractivity contribution in [1.82, 2.24) is 10.2 Å². The molecule has 1 saturated carbocycles. The van der Waals surface area contributed by atoms with Gasteiger partial charge in [-0.1, -0.05) is 19.8 Å². The number of likely N-dealkylation sites (tertiary alicyclic amines) is 1. The molecule has 2 aliphatic heterocycles. The Balaban J connectivity index is 1.85. The van der Waals surface area contributed by atoms with Crippen LogP contribution in [0.3, 0.4) is 0 Å². The zero-order valence-electron chi connectivity index (χ0n) is 12.8. The molecular formula is C16H26N2O3. The zero-order valence-corrected chi connectivity index (χ0v) is 12.8. The Morgan fingerprint density at radius 2 is 1.86 bits per heavy atom. The van der Waals surface area contributed by atoms with Gasteiger partial charge in [0.25, 0.3) is 0 Å². The molecular weight excluding hydrogens is 268 g/mol. The lowest BCUT2D eigenvalue weighted by Gasteiger charge is -2.48. The number of amides is 1. The summed E-state index contributed by atoms with van der Waals surface area (Å²) in [5, 5.41) is 12.8. The first-order valence-electron chi connectivity index (χ1n) is 8.35. The molecule has 1 amide bonds. The first-order chi connectivity index (χ1) is 10.1. The molecule has 0 aromatic heterocycles. The molecule has 5 heteroatoms. The third-order valence-electron chi connectivity index (χ3n) is 5.75. The van der Waals surface area contributed by atoms with Crippen molar-refractivity contribution in [2.24, 2.45) is 17.8 Å². The number of hydrogen-bond acceptors (Lipinski definition) is 3. The van der Waals surface area contributed by atoms with E-state index in [4.69, 9.17) is 0 Å². The Bertz CT molecular complexity index is 426. The van der Waals surface area contributed by atoms with E-state index in [1.807, 2.05) is 0 Å².